The van der Waals surface area contributed by atoms with Gasteiger partial charge in [-0.05, 0) is 24.6 Å². The first-order valence-corrected chi connectivity index (χ1v) is 5.13. The zero-order valence-corrected chi connectivity index (χ0v) is 9.90. The number of nitrogens with two attached hydrogens (primary N) is 1. The van der Waals surface area contributed by atoms with Crippen LogP contribution in [0.15, 0.2) is 24.3 Å². The van der Waals surface area contributed by atoms with Crippen LogP contribution in [0.2, 0.25) is 0 Å². The van der Waals surface area contributed by atoms with Gasteiger partial charge in [-0.2, -0.15) is 0 Å². The van der Waals surface area contributed by atoms with Crippen LogP contribution in [0.3, 0.4) is 0 Å². The fraction of sp³-hybridized carbons (Fsp3) is 0.417. The lowest BCUT2D eigenvalue weighted by Gasteiger charge is -2.21. The SMILES string of the molecule is CN(C)C(=O)c1ccc(C(C)(O)CN)cc1. The molecule has 1 atom stereocenters. The molecule has 0 fully saturated rings. The van der Waals surface area contributed by atoms with Gasteiger partial charge in [0.1, 0.15) is 0 Å². The first kappa shape index (κ1) is 12.7. The van der Waals surface area contributed by atoms with Crippen molar-refractivity contribution in [3.8, 4) is 0 Å². The highest BCUT2D eigenvalue weighted by molar-refractivity contribution is 5.93. The molecule has 1 aromatic carbocycles. The average Bonchev–Trinajstić information content (AvgIpc) is 2.28. The molecule has 0 aromatic heterocycles. The molecule has 1 aromatic rings. The third-order valence-electron chi connectivity index (χ3n) is 2.56. The summed E-state index contributed by atoms with van der Waals surface area (Å²) in [6.45, 7) is 1.80. The fourth-order valence-corrected chi connectivity index (χ4v) is 1.35. The number of benzene rings is 1. The van der Waals surface area contributed by atoms with Gasteiger partial charge in [-0.3, -0.25) is 4.79 Å². The number of nitrogens with zero attached hydrogens (tertiary/aromatic N) is 1. The Kier molecular flexibility index (Phi) is 3.67. The minimum atomic E-state index is -1.04. The van der Waals surface area contributed by atoms with Crippen LogP contribution in [0.1, 0.15) is 22.8 Å². The molecular formula is C12H18N2O2. The third kappa shape index (κ3) is 2.59. The van der Waals surface area contributed by atoms with E-state index in [0.717, 1.165) is 0 Å². The average molecular weight is 222 g/mol. The van der Waals surface area contributed by atoms with Gasteiger partial charge in [-0.25, -0.2) is 0 Å². The number of aliphatic hydroxyl groups is 1. The number of hydrogen-bond donors (Lipinski definition) is 2. The van der Waals surface area contributed by atoms with Crippen LogP contribution in [-0.4, -0.2) is 36.6 Å². The molecule has 0 bridgehead atoms. The van der Waals surface area contributed by atoms with Crippen LogP contribution in [-0.2, 0) is 5.60 Å². The van der Waals surface area contributed by atoms with Gasteiger partial charge in [-0.1, -0.05) is 12.1 Å². The summed E-state index contributed by atoms with van der Waals surface area (Å²) < 4.78 is 0. The van der Waals surface area contributed by atoms with Crippen molar-refractivity contribution >= 4 is 5.91 Å². The zero-order valence-electron chi connectivity index (χ0n) is 9.90. The van der Waals surface area contributed by atoms with Crippen molar-refractivity contribution in [3.63, 3.8) is 0 Å². The minimum absolute atomic E-state index is 0.0565. The van der Waals surface area contributed by atoms with E-state index in [1.807, 2.05) is 0 Å². The largest absolute Gasteiger partial charge is 0.384 e. The Morgan fingerprint density at radius 1 is 1.38 bits per heavy atom. The van der Waals surface area contributed by atoms with E-state index in [9.17, 15) is 9.90 Å². The van der Waals surface area contributed by atoms with E-state index in [2.05, 4.69) is 0 Å². The highest BCUT2D eigenvalue weighted by atomic mass is 16.3. The predicted molar refractivity (Wildman–Crippen MR) is 63.1 cm³/mol. The van der Waals surface area contributed by atoms with Gasteiger partial charge in [-0.15, -0.1) is 0 Å². The number of carbonyl (C=O) groups is 1. The molecule has 1 rings (SSSR count). The summed E-state index contributed by atoms with van der Waals surface area (Å²) in [6.07, 6.45) is 0. The summed E-state index contributed by atoms with van der Waals surface area (Å²) in [7, 11) is 3.40. The molecule has 0 radical (unpaired) electrons. The van der Waals surface area contributed by atoms with Gasteiger partial charge in [0, 0.05) is 26.2 Å². The summed E-state index contributed by atoms with van der Waals surface area (Å²) in [5, 5.41) is 9.91. The molecule has 0 saturated carbocycles. The van der Waals surface area contributed by atoms with Crippen molar-refractivity contribution in [2.45, 2.75) is 12.5 Å². The maximum absolute atomic E-state index is 11.6. The van der Waals surface area contributed by atoms with Crippen LogP contribution in [0.4, 0.5) is 0 Å². The van der Waals surface area contributed by atoms with E-state index in [0.29, 0.717) is 11.1 Å². The first-order valence-electron chi connectivity index (χ1n) is 5.13. The Balaban J connectivity index is 2.96. The monoisotopic (exact) mass is 222 g/mol. The predicted octanol–water partition coefficient (Wildman–Crippen LogP) is 0.555. The van der Waals surface area contributed by atoms with Gasteiger partial charge in [0.2, 0.25) is 0 Å². The van der Waals surface area contributed by atoms with E-state index < -0.39 is 5.60 Å². The third-order valence-corrected chi connectivity index (χ3v) is 2.56. The van der Waals surface area contributed by atoms with Gasteiger partial charge in [0.05, 0.1) is 5.60 Å². The van der Waals surface area contributed by atoms with Crippen LogP contribution >= 0.6 is 0 Å². The van der Waals surface area contributed by atoms with Gasteiger partial charge in [0.25, 0.3) is 5.91 Å². The number of rotatable bonds is 3. The van der Waals surface area contributed by atoms with E-state index >= 15 is 0 Å². The van der Waals surface area contributed by atoms with Crippen molar-refractivity contribution in [3.05, 3.63) is 35.4 Å². The van der Waals surface area contributed by atoms with E-state index in [4.69, 9.17) is 5.73 Å². The van der Waals surface area contributed by atoms with Crippen molar-refractivity contribution in [2.75, 3.05) is 20.6 Å². The van der Waals surface area contributed by atoms with E-state index in [1.165, 1.54) is 4.90 Å². The zero-order chi connectivity index (χ0) is 12.3. The Bertz CT molecular complexity index is 369. The molecule has 4 nitrogen and oxygen atoms in total. The summed E-state index contributed by atoms with van der Waals surface area (Å²) in [5.41, 5.74) is 5.73. The molecule has 4 heteroatoms. The Labute approximate surface area is 95.7 Å². The number of hydrogen-bond acceptors (Lipinski definition) is 3. The maximum Gasteiger partial charge on any atom is 0.253 e. The Morgan fingerprint density at radius 2 is 1.88 bits per heavy atom. The second-order valence-electron chi connectivity index (χ2n) is 4.25. The molecule has 16 heavy (non-hydrogen) atoms. The quantitative estimate of drug-likeness (QED) is 0.785. The van der Waals surface area contributed by atoms with Crippen LogP contribution in [0, 0.1) is 0 Å². The topological polar surface area (TPSA) is 66.6 Å². The first-order chi connectivity index (χ1) is 7.38. The molecule has 0 aliphatic rings. The lowest BCUT2D eigenvalue weighted by atomic mass is 9.95. The van der Waals surface area contributed by atoms with Gasteiger partial charge in [0.15, 0.2) is 0 Å². The number of carbonyl (C=O) groups excluding carboxylic acids is 1. The van der Waals surface area contributed by atoms with Crippen molar-refractivity contribution in [2.24, 2.45) is 5.73 Å². The summed E-state index contributed by atoms with van der Waals surface area (Å²) in [6, 6.07) is 6.84. The van der Waals surface area contributed by atoms with Gasteiger partial charge >= 0.3 is 0 Å². The van der Waals surface area contributed by atoms with Crippen LogP contribution < -0.4 is 5.73 Å². The van der Waals surface area contributed by atoms with Crippen LogP contribution in [0.5, 0.6) is 0 Å². The lowest BCUT2D eigenvalue weighted by Crippen LogP contribution is -2.31. The maximum atomic E-state index is 11.6. The standard InChI is InChI=1S/C12H18N2O2/c1-12(16,8-13)10-6-4-9(5-7-10)11(15)14(2)3/h4-7,16H,8,13H2,1-3H3. The minimum Gasteiger partial charge on any atom is -0.384 e. The Hall–Kier alpha value is -1.39. The summed E-state index contributed by atoms with van der Waals surface area (Å²) in [4.78, 5) is 13.1. The number of amides is 1. The molecule has 0 spiro atoms. The highest BCUT2D eigenvalue weighted by Crippen LogP contribution is 2.19. The molecule has 3 N–H and O–H groups in total. The highest BCUT2D eigenvalue weighted by Gasteiger charge is 2.21. The fourth-order valence-electron chi connectivity index (χ4n) is 1.35. The molecule has 1 unspecified atom stereocenters. The lowest BCUT2D eigenvalue weighted by molar-refractivity contribution is 0.0666. The molecule has 1 amide bonds. The second-order valence-corrected chi connectivity index (χ2v) is 4.25. The van der Waals surface area contributed by atoms with Crippen molar-refractivity contribution in [1.29, 1.82) is 0 Å². The summed E-state index contributed by atoms with van der Waals surface area (Å²) in [5.74, 6) is -0.0565. The molecule has 88 valence electrons. The normalized spacial score (nSPS) is 14.3. The van der Waals surface area contributed by atoms with E-state index in [1.54, 1.807) is 45.3 Å². The smallest absolute Gasteiger partial charge is 0.253 e. The van der Waals surface area contributed by atoms with Crippen molar-refractivity contribution < 1.29 is 9.90 Å². The van der Waals surface area contributed by atoms with Crippen LogP contribution in [0.25, 0.3) is 0 Å². The molecule has 0 aliphatic heterocycles. The second kappa shape index (κ2) is 4.63. The summed E-state index contributed by atoms with van der Waals surface area (Å²) >= 11 is 0. The molecular weight excluding hydrogens is 204 g/mol. The molecule has 0 heterocycles. The van der Waals surface area contributed by atoms with Gasteiger partial charge < -0.3 is 15.7 Å². The Morgan fingerprint density at radius 3 is 2.25 bits per heavy atom. The molecule has 0 aliphatic carbocycles. The van der Waals surface area contributed by atoms with E-state index in [-0.39, 0.29) is 12.5 Å². The molecule has 0 saturated heterocycles. The van der Waals surface area contributed by atoms with Crippen molar-refractivity contribution in [1.82, 2.24) is 4.90 Å².